The fourth-order valence-electron chi connectivity index (χ4n) is 3.85. The highest BCUT2D eigenvalue weighted by Crippen LogP contribution is 2.22. The van der Waals surface area contributed by atoms with Gasteiger partial charge in [0.15, 0.2) is 0 Å². The van der Waals surface area contributed by atoms with Crippen LogP contribution in [0, 0.1) is 5.92 Å². The van der Waals surface area contributed by atoms with E-state index in [-0.39, 0.29) is 11.8 Å². The molecule has 1 N–H and O–H groups in total. The maximum atomic E-state index is 12.6. The van der Waals surface area contributed by atoms with E-state index in [2.05, 4.69) is 36.1 Å². The molecule has 0 radical (unpaired) electrons. The first-order chi connectivity index (χ1) is 13.3. The molecule has 2 aliphatic heterocycles. The summed E-state index contributed by atoms with van der Waals surface area (Å²) in [6, 6.07) is 4.08. The van der Waals surface area contributed by atoms with Gasteiger partial charge in [0.2, 0.25) is 5.91 Å². The zero-order valence-electron chi connectivity index (χ0n) is 15.5. The van der Waals surface area contributed by atoms with E-state index in [1.807, 2.05) is 12.3 Å². The molecule has 1 amide bonds. The van der Waals surface area contributed by atoms with Crippen LogP contribution in [-0.4, -0.2) is 47.0 Å². The Morgan fingerprint density at radius 3 is 2.48 bits per heavy atom. The van der Waals surface area contributed by atoms with E-state index in [0.717, 1.165) is 56.2 Å². The fraction of sp³-hybridized carbons (Fsp3) is 0.500. The second kappa shape index (κ2) is 8.33. The number of piperidine rings is 1. The second-order valence-corrected chi connectivity index (χ2v) is 7.26. The standard InChI is InChI=1S/C20H26N6O/c27-20(17-4-11-26(12-5-17)19-15-21-7-8-23-19)24-14-16-3-6-22-18(13-16)25-9-1-2-10-25/h3,6-8,13,15,17H,1-2,4-5,9-12,14H2,(H,24,27). The number of amides is 1. The average Bonchev–Trinajstić information content (AvgIpc) is 3.28. The lowest BCUT2D eigenvalue weighted by Crippen LogP contribution is -2.40. The number of hydrogen-bond acceptors (Lipinski definition) is 6. The van der Waals surface area contributed by atoms with Crippen molar-refractivity contribution >= 4 is 17.5 Å². The van der Waals surface area contributed by atoms with Crippen molar-refractivity contribution in [2.24, 2.45) is 5.92 Å². The van der Waals surface area contributed by atoms with Gasteiger partial charge in [-0.3, -0.25) is 9.78 Å². The van der Waals surface area contributed by atoms with Crippen LogP contribution in [0.2, 0.25) is 0 Å². The van der Waals surface area contributed by atoms with Crippen LogP contribution in [0.25, 0.3) is 0 Å². The van der Waals surface area contributed by atoms with E-state index < -0.39 is 0 Å². The number of nitrogens with one attached hydrogen (secondary N) is 1. The van der Waals surface area contributed by atoms with Gasteiger partial charge in [-0.05, 0) is 43.4 Å². The number of pyridine rings is 1. The summed E-state index contributed by atoms with van der Waals surface area (Å²) in [6.45, 7) is 4.39. The molecule has 2 saturated heterocycles. The normalized spacial score (nSPS) is 17.9. The summed E-state index contributed by atoms with van der Waals surface area (Å²) < 4.78 is 0. The Hall–Kier alpha value is -2.70. The molecule has 0 aliphatic carbocycles. The molecule has 0 bridgehead atoms. The quantitative estimate of drug-likeness (QED) is 0.873. The van der Waals surface area contributed by atoms with Crippen molar-refractivity contribution in [2.45, 2.75) is 32.2 Å². The van der Waals surface area contributed by atoms with Gasteiger partial charge in [-0.25, -0.2) is 9.97 Å². The fourth-order valence-corrected chi connectivity index (χ4v) is 3.85. The molecular formula is C20H26N6O. The summed E-state index contributed by atoms with van der Waals surface area (Å²) in [5, 5.41) is 3.11. The van der Waals surface area contributed by atoms with Gasteiger partial charge in [-0.1, -0.05) is 0 Å². The van der Waals surface area contributed by atoms with Crippen molar-refractivity contribution in [3.63, 3.8) is 0 Å². The van der Waals surface area contributed by atoms with Crippen molar-refractivity contribution in [1.82, 2.24) is 20.3 Å². The lowest BCUT2D eigenvalue weighted by molar-refractivity contribution is -0.125. The average molecular weight is 366 g/mol. The molecule has 7 heteroatoms. The van der Waals surface area contributed by atoms with Gasteiger partial charge in [0.25, 0.3) is 0 Å². The maximum absolute atomic E-state index is 12.6. The summed E-state index contributed by atoms with van der Waals surface area (Å²) in [5.74, 6) is 2.13. The molecule has 4 rings (SSSR count). The number of rotatable bonds is 5. The lowest BCUT2D eigenvalue weighted by atomic mass is 9.96. The smallest absolute Gasteiger partial charge is 0.223 e. The van der Waals surface area contributed by atoms with Gasteiger partial charge in [-0.15, -0.1) is 0 Å². The third-order valence-electron chi connectivity index (χ3n) is 5.45. The van der Waals surface area contributed by atoms with Crippen LogP contribution in [-0.2, 0) is 11.3 Å². The van der Waals surface area contributed by atoms with Gasteiger partial charge in [0.05, 0.1) is 6.20 Å². The molecular weight excluding hydrogens is 340 g/mol. The number of carbonyl (C=O) groups excluding carboxylic acids is 1. The van der Waals surface area contributed by atoms with Crippen LogP contribution >= 0.6 is 0 Å². The molecule has 0 spiro atoms. The highest BCUT2D eigenvalue weighted by atomic mass is 16.1. The summed E-state index contributed by atoms with van der Waals surface area (Å²) in [7, 11) is 0. The number of aromatic nitrogens is 3. The van der Waals surface area contributed by atoms with E-state index in [1.165, 1.54) is 12.8 Å². The Morgan fingerprint density at radius 1 is 1.00 bits per heavy atom. The van der Waals surface area contributed by atoms with Crippen molar-refractivity contribution in [1.29, 1.82) is 0 Å². The molecule has 7 nitrogen and oxygen atoms in total. The summed E-state index contributed by atoms with van der Waals surface area (Å²) in [6.07, 6.45) is 11.2. The Bertz CT molecular complexity index is 754. The molecule has 142 valence electrons. The largest absolute Gasteiger partial charge is 0.357 e. The van der Waals surface area contributed by atoms with Gasteiger partial charge < -0.3 is 15.1 Å². The zero-order valence-corrected chi connectivity index (χ0v) is 15.5. The molecule has 4 heterocycles. The molecule has 2 fully saturated rings. The Balaban J connectivity index is 1.27. The molecule has 0 saturated carbocycles. The maximum Gasteiger partial charge on any atom is 0.223 e. The Kier molecular flexibility index (Phi) is 5.46. The lowest BCUT2D eigenvalue weighted by Gasteiger charge is -2.31. The summed E-state index contributed by atoms with van der Waals surface area (Å²) in [5.41, 5.74) is 1.11. The molecule has 0 unspecified atom stereocenters. The minimum Gasteiger partial charge on any atom is -0.357 e. The molecule has 2 aromatic heterocycles. The van der Waals surface area contributed by atoms with E-state index >= 15 is 0 Å². The molecule has 2 aromatic rings. The first-order valence-electron chi connectivity index (χ1n) is 9.78. The minimum absolute atomic E-state index is 0.0674. The molecule has 27 heavy (non-hydrogen) atoms. The van der Waals surface area contributed by atoms with Crippen LogP contribution in [0.1, 0.15) is 31.2 Å². The van der Waals surface area contributed by atoms with E-state index in [9.17, 15) is 4.79 Å². The van der Waals surface area contributed by atoms with Crippen molar-refractivity contribution < 1.29 is 4.79 Å². The molecule has 0 aromatic carbocycles. The Labute approximate surface area is 159 Å². The number of anilines is 2. The van der Waals surface area contributed by atoms with Gasteiger partial charge >= 0.3 is 0 Å². The third kappa shape index (κ3) is 4.35. The SMILES string of the molecule is O=C(NCc1ccnc(N2CCCC2)c1)C1CCN(c2cnccn2)CC1. The first kappa shape index (κ1) is 17.7. The predicted molar refractivity (Wildman–Crippen MR) is 104 cm³/mol. The topological polar surface area (TPSA) is 74.2 Å². The number of hydrogen-bond donors (Lipinski definition) is 1. The van der Waals surface area contributed by atoms with Crippen LogP contribution in [0.3, 0.4) is 0 Å². The van der Waals surface area contributed by atoms with Crippen LogP contribution in [0.4, 0.5) is 11.6 Å². The number of nitrogens with zero attached hydrogens (tertiary/aromatic N) is 5. The van der Waals surface area contributed by atoms with Crippen LogP contribution in [0.15, 0.2) is 36.9 Å². The van der Waals surface area contributed by atoms with Gasteiger partial charge in [0.1, 0.15) is 11.6 Å². The van der Waals surface area contributed by atoms with E-state index in [0.29, 0.717) is 6.54 Å². The van der Waals surface area contributed by atoms with E-state index in [4.69, 9.17) is 0 Å². The van der Waals surface area contributed by atoms with Crippen molar-refractivity contribution in [2.75, 3.05) is 36.0 Å². The van der Waals surface area contributed by atoms with Gasteiger partial charge in [0, 0.05) is 57.2 Å². The monoisotopic (exact) mass is 366 g/mol. The molecule has 0 atom stereocenters. The first-order valence-corrected chi connectivity index (χ1v) is 9.78. The highest BCUT2D eigenvalue weighted by molar-refractivity contribution is 5.79. The molecule has 2 aliphatic rings. The van der Waals surface area contributed by atoms with Crippen LogP contribution in [0.5, 0.6) is 0 Å². The highest BCUT2D eigenvalue weighted by Gasteiger charge is 2.25. The summed E-state index contributed by atoms with van der Waals surface area (Å²) in [4.78, 5) is 30.0. The van der Waals surface area contributed by atoms with Crippen molar-refractivity contribution in [3.05, 3.63) is 42.5 Å². The Morgan fingerprint density at radius 2 is 1.74 bits per heavy atom. The van der Waals surface area contributed by atoms with Crippen molar-refractivity contribution in [3.8, 4) is 0 Å². The minimum atomic E-state index is 0.0674. The predicted octanol–water partition coefficient (Wildman–Crippen LogP) is 2.00. The zero-order chi connectivity index (χ0) is 18.5. The van der Waals surface area contributed by atoms with Crippen LogP contribution < -0.4 is 15.1 Å². The van der Waals surface area contributed by atoms with E-state index in [1.54, 1.807) is 18.6 Å². The third-order valence-corrected chi connectivity index (χ3v) is 5.45. The second-order valence-electron chi connectivity index (χ2n) is 7.26. The van der Waals surface area contributed by atoms with Gasteiger partial charge in [-0.2, -0.15) is 0 Å². The number of carbonyl (C=O) groups is 1. The summed E-state index contributed by atoms with van der Waals surface area (Å²) >= 11 is 0.